The van der Waals surface area contributed by atoms with Gasteiger partial charge in [-0.05, 0) is 55.6 Å². The van der Waals surface area contributed by atoms with Gasteiger partial charge in [-0.25, -0.2) is 4.79 Å². The molecule has 0 atom stereocenters. The van der Waals surface area contributed by atoms with Gasteiger partial charge in [-0.3, -0.25) is 4.79 Å². The second-order valence-corrected chi connectivity index (χ2v) is 9.46. The van der Waals surface area contributed by atoms with E-state index in [2.05, 4.69) is 44.8 Å². The molecule has 0 aromatic heterocycles. The highest BCUT2D eigenvalue weighted by Gasteiger charge is 2.42. The van der Waals surface area contributed by atoms with Gasteiger partial charge in [0.05, 0.1) is 0 Å². The molecule has 2 aromatic rings. The molecular formula is C27H37N5O2. The summed E-state index contributed by atoms with van der Waals surface area (Å²) in [5, 5.41) is 9.00. The van der Waals surface area contributed by atoms with E-state index in [1.54, 1.807) is 0 Å². The Morgan fingerprint density at radius 3 is 2.32 bits per heavy atom. The van der Waals surface area contributed by atoms with Crippen LogP contribution in [0.15, 0.2) is 48.5 Å². The maximum absolute atomic E-state index is 13.4. The molecule has 1 aliphatic carbocycles. The van der Waals surface area contributed by atoms with Crippen LogP contribution in [-0.4, -0.2) is 55.1 Å². The zero-order valence-electron chi connectivity index (χ0n) is 20.4. The maximum Gasteiger partial charge on any atom is 0.315 e. The van der Waals surface area contributed by atoms with E-state index in [0.29, 0.717) is 19.4 Å². The first-order valence-electron chi connectivity index (χ1n) is 12.5. The highest BCUT2D eigenvalue weighted by atomic mass is 16.2. The minimum atomic E-state index is -0.873. The second kappa shape index (κ2) is 10.9. The lowest BCUT2D eigenvalue weighted by molar-refractivity contribution is -0.121. The predicted octanol–water partition coefficient (Wildman–Crippen LogP) is 3.89. The molecule has 0 spiro atoms. The summed E-state index contributed by atoms with van der Waals surface area (Å²) in [7, 11) is 0. The molecule has 0 radical (unpaired) electrons. The van der Waals surface area contributed by atoms with Crippen molar-refractivity contribution in [3.8, 4) is 0 Å². The molecular weight excluding hydrogens is 426 g/mol. The molecule has 182 valence electrons. The first-order valence-corrected chi connectivity index (χ1v) is 12.5. The summed E-state index contributed by atoms with van der Waals surface area (Å²) >= 11 is 0. The molecule has 7 heteroatoms. The summed E-state index contributed by atoms with van der Waals surface area (Å²) in [5.74, 6) is -0.132. The topological polar surface area (TPSA) is 76.7 Å². The molecule has 3 N–H and O–H groups in total. The van der Waals surface area contributed by atoms with Crippen LogP contribution in [-0.2, 0) is 11.3 Å². The monoisotopic (exact) mass is 463 g/mol. The van der Waals surface area contributed by atoms with E-state index in [4.69, 9.17) is 0 Å². The van der Waals surface area contributed by atoms with Crippen molar-refractivity contribution in [2.24, 2.45) is 0 Å². The molecule has 1 aliphatic heterocycles. The van der Waals surface area contributed by atoms with Crippen LogP contribution in [0.5, 0.6) is 0 Å². The SMILES string of the molecule is CCN1CCN(c2ccc(NC(=O)C3(NC(=O)NCc4ccccc4)CCCC3)c(C)c2)CC1. The van der Waals surface area contributed by atoms with Crippen molar-refractivity contribution in [3.05, 3.63) is 59.7 Å². The highest BCUT2D eigenvalue weighted by molar-refractivity contribution is 6.01. The number of urea groups is 1. The fraction of sp³-hybridized carbons (Fsp3) is 0.481. The first-order chi connectivity index (χ1) is 16.5. The van der Waals surface area contributed by atoms with E-state index < -0.39 is 5.54 Å². The van der Waals surface area contributed by atoms with Gasteiger partial charge < -0.3 is 25.8 Å². The molecule has 1 saturated heterocycles. The molecule has 1 heterocycles. The summed E-state index contributed by atoms with van der Waals surface area (Å²) in [6, 6.07) is 15.7. The Bertz CT molecular complexity index is 980. The van der Waals surface area contributed by atoms with Crippen molar-refractivity contribution in [2.45, 2.75) is 51.6 Å². The van der Waals surface area contributed by atoms with Gasteiger partial charge in [0.15, 0.2) is 0 Å². The largest absolute Gasteiger partial charge is 0.369 e. The van der Waals surface area contributed by atoms with Gasteiger partial charge in [0.2, 0.25) is 5.91 Å². The number of hydrogen-bond donors (Lipinski definition) is 3. The van der Waals surface area contributed by atoms with Gasteiger partial charge in [0.1, 0.15) is 5.54 Å². The van der Waals surface area contributed by atoms with Crippen LogP contribution in [0.4, 0.5) is 16.2 Å². The van der Waals surface area contributed by atoms with Crippen LogP contribution in [0.1, 0.15) is 43.7 Å². The van der Waals surface area contributed by atoms with E-state index in [-0.39, 0.29) is 11.9 Å². The standard InChI is InChI=1S/C27H37N5O2/c1-3-31-15-17-32(18-16-31)23-11-12-24(21(2)19-23)29-25(33)27(13-7-8-14-27)30-26(34)28-20-22-9-5-4-6-10-22/h4-6,9-12,19H,3,7-8,13-18,20H2,1-2H3,(H,29,33)(H2,28,30,34). The second-order valence-electron chi connectivity index (χ2n) is 9.46. The third kappa shape index (κ3) is 5.70. The minimum absolute atomic E-state index is 0.132. The molecule has 2 aliphatic rings. The molecule has 3 amide bonds. The summed E-state index contributed by atoms with van der Waals surface area (Å²) in [6.45, 7) is 9.95. The third-order valence-electron chi connectivity index (χ3n) is 7.18. The minimum Gasteiger partial charge on any atom is -0.369 e. The lowest BCUT2D eigenvalue weighted by Crippen LogP contribution is -2.57. The fourth-order valence-corrected chi connectivity index (χ4v) is 4.98. The van der Waals surface area contributed by atoms with Crippen LogP contribution in [0.25, 0.3) is 0 Å². The molecule has 2 aromatic carbocycles. The zero-order valence-corrected chi connectivity index (χ0v) is 20.4. The Morgan fingerprint density at radius 1 is 0.971 bits per heavy atom. The lowest BCUT2D eigenvalue weighted by atomic mass is 9.96. The van der Waals surface area contributed by atoms with Gasteiger partial charge in [-0.2, -0.15) is 0 Å². The number of nitrogens with zero attached hydrogens (tertiary/aromatic N) is 2. The molecule has 4 rings (SSSR count). The lowest BCUT2D eigenvalue weighted by Gasteiger charge is -2.36. The van der Waals surface area contributed by atoms with E-state index in [1.165, 1.54) is 5.69 Å². The maximum atomic E-state index is 13.4. The number of likely N-dealkylation sites (N-methyl/N-ethyl adjacent to an activating group) is 1. The van der Waals surface area contributed by atoms with Gasteiger partial charge in [-0.1, -0.05) is 50.1 Å². The average Bonchev–Trinajstić information content (AvgIpc) is 3.34. The third-order valence-corrected chi connectivity index (χ3v) is 7.18. The Kier molecular flexibility index (Phi) is 7.73. The first kappa shape index (κ1) is 24.1. The zero-order chi connectivity index (χ0) is 24.0. The quantitative estimate of drug-likeness (QED) is 0.582. The molecule has 0 unspecified atom stereocenters. The molecule has 7 nitrogen and oxygen atoms in total. The molecule has 2 fully saturated rings. The van der Waals surface area contributed by atoms with Gasteiger partial charge in [0, 0.05) is 44.1 Å². The fourth-order valence-electron chi connectivity index (χ4n) is 4.98. The number of carbonyl (C=O) groups is 2. The summed E-state index contributed by atoms with van der Waals surface area (Å²) in [6.07, 6.45) is 3.15. The Hall–Kier alpha value is -3.06. The van der Waals surface area contributed by atoms with E-state index in [9.17, 15) is 9.59 Å². The Balaban J connectivity index is 1.38. The number of anilines is 2. The number of amides is 3. The normalized spacial score (nSPS) is 17.9. The predicted molar refractivity (Wildman–Crippen MR) is 137 cm³/mol. The Labute approximate surface area is 202 Å². The number of benzene rings is 2. The van der Waals surface area contributed by atoms with E-state index >= 15 is 0 Å². The van der Waals surface area contributed by atoms with E-state index in [1.807, 2.05) is 43.3 Å². The number of carbonyl (C=O) groups excluding carboxylic acids is 2. The highest BCUT2D eigenvalue weighted by Crippen LogP contribution is 2.32. The van der Waals surface area contributed by atoms with Crippen molar-refractivity contribution in [1.82, 2.24) is 15.5 Å². The van der Waals surface area contributed by atoms with Gasteiger partial charge >= 0.3 is 6.03 Å². The van der Waals surface area contributed by atoms with Crippen LogP contribution in [0.3, 0.4) is 0 Å². The average molecular weight is 464 g/mol. The number of rotatable bonds is 7. The molecule has 34 heavy (non-hydrogen) atoms. The molecule has 1 saturated carbocycles. The van der Waals surface area contributed by atoms with E-state index in [0.717, 1.165) is 62.4 Å². The van der Waals surface area contributed by atoms with Crippen LogP contribution >= 0.6 is 0 Å². The Morgan fingerprint density at radius 2 is 1.68 bits per heavy atom. The van der Waals surface area contributed by atoms with Gasteiger partial charge in [0.25, 0.3) is 0 Å². The summed E-state index contributed by atoms with van der Waals surface area (Å²) in [4.78, 5) is 30.9. The molecule has 0 bridgehead atoms. The van der Waals surface area contributed by atoms with Gasteiger partial charge in [-0.15, -0.1) is 0 Å². The number of hydrogen-bond acceptors (Lipinski definition) is 4. The van der Waals surface area contributed by atoms with Crippen molar-refractivity contribution in [1.29, 1.82) is 0 Å². The summed E-state index contributed by atoms with van der Waals surface area (Å²) < 4.78 is 0. The van der Waals surface area contributed by atoms with Crippen molar-refractivity contribution in [2.75, 3.05) is 42.9 Å². The summed E-state index contributed by atoms with van der Waals surface area (Å²) in [5.41, 5.74) is 3.18. The van der Waals surface area contributed by atoms with Crippen LogP contribution in [0, 0.1) is 6.92 Å². The van der Waals surface area contributed by atoms with Crippen LogP contribution < -0.4 is 20.9 Å². The van der Waals surface area contributed by atoms with Crippen molar-refractivity contribution < 1.29 is 9.59 Å². The van der Waals surface area contributed by atoms with Crippen molar-refractivity contribution >= 4 is 23.3 Å². The smallest absolute Gasteiger partial charge is 0.315 e. The number of piperazine rings is 1. The van der Waals surface area contributed by atoms with Crippen LogP contribution in [0.2, 0.25) is 0 Å². The van der Waals surface area contributed by atoms with Crippen molar-refractivity contribution in [3.63, 3.8) is 0 Å². The number of aryl methyl sites for hydroxylation is 1. The number of nitrogens with one attached hydrogen (secondary N) is 3.